The highest BCUT2D eigenvalue weighted by atomic mass is 16.4. The average molecular weight is 162 g/mol. The zero-order valence-corrected chi connectivity index (χ0v) is 6.76. The largest absolute Gasteiger partial charge is 0.472 e. The van der Waals surface area contributed by atoms with Crippen LogP contribution in [-0.4, -0.2) is 11.1 Å². The van der Waals surface area contributed by atoms with Crippen molar-refractivity contribution in [2.75, 3.05) is 0 Å². The van der Waals surface area contributed by atoms with E-state index in [0.717, 1.165) is 0 Å². The molecule has 0 aromatic heterocycles. The molecule has 2 spiro atoms. The van der Waals surface area contributed by atoms with Crippen LogP contribution in [0.1, 0.15) is 25.7 Å². The van der Waals surface area contributed by atoms with E-state index in [1.165, 1.54) is 25.7 Å². The number of hydrogen-bond acceptors (Lipinski definition) is 1. The van der Waals surface area contributed by atoms with Crippen LogP contribution < -0.4 is 0 Å². The van der Waals surface area contributed by atoms with Gasteiger partial charge in [0.05, 0.1) is 0 Å². The van der Waals surface area contributed by atoms with E-state index in [9.17, 15) is 4.79 Å². The summed E-state index contributed by atoms with van der Waals surface area (Å²) in [6.07, 6.45) is 5.19. The minimum absolute atomic E-state index is 0.445. The normalized spacial score (nSPS) is 35.5. The van der Waals surface area contributed by atoms with Crippen LogP contribution in [-0.2, 0) is 4.79 Å². The van der Waals surface area contributed by atoms with Crippen LogP contribution in [0.25, 0.3) is 0 Å². The third-order valence-electron chi connectivity index (χ3n) is 3.91. The van der Waals surface area contributed by atoms with Gasteiger partial charge in [0.25, 0.3) is 0 Å². The highest BCUT2D eigenvalue weighted by Crippen LogP contribution is 2.92. The summed E-state index contributed by atoms with van der Waals surface area (Å²) in [5.41, 5.74) is 1.05. The van der Waals surface area contributed by atoms with E-state index in [4.69, 9.17) is 5.11 Å². The van der Waals surface area contributed by atoms with Crippen molar-refractivity contribution < 1.29 is 9.90 Å². The Hall–Kier alpha value is -0.970. The Morgan fingerprint density at radius 1 is 1.25 bits per heavy atom. The SMILES string of the molecule is O=C(O)C#CC1C2(CC2)C12CC2. The van der Waals surface area contributed by atoms with Crippen molar-refractivity contribution >= 4 is 5.97 Å². The van der Waals surface area contributed by atoms with Crippen LogP contribution in [0.3, 0.4) is 0 Å². The molecule has 0 aromatic rings. The topological polar surface area (TPSA) is 37.3 Å². The fourth-order valence-corrected chi connectivity index (χ4v) is 2.99. The zero-order chi connectivity index (χ0) is 8.40. The first kappa shape index (κ1) is 6.54. The molecule has 0 aliphatic heterocycles. The van der Waals surface area contributed by atoms with Gasteiger partial charge in [-0.3, -0.25) is 0 Å². The fraction of sp³-hybridized carbons (Fsp3) is 0.700. The van der Waals surface area contributed by atoms with Crippen molar-refractivity contribution in [2.24, 2.45) is 16.7 Å². The summed E-state index contributed by atoms with van der Waals surface area (Å²) in [5.74, 6) is 4.64. The molecule has 0 atom stereocenters. The third kappa shape index (κ3) is 0.534. The molecule has 3 fully saturated rings. The summed E-state index contributed by atoms with van der Waals surface area (Å²) >= 11 is 0. The Morgan fingerprint density at radius 3 is 2.08 bits per heavy atom. The van der Waals surface area contributed by atoms with Crippen molar-refractivity contribution in [1.82, 2.24) is 0 Å². The predicted molar refractivity (Wildman–Crippen MR) is 42.2 cm³/mol. The zero-order valence-electron chi connectivity index (χ0n) is 6.76. The smallest absolute Gasteiger partial charge is 0.381 e. The lowest BCUT2D eigenvalue weighted by Crippen LogP contribution is -1.87. The molecule has 3 aliphatic carbocycles. The molecule has 2 nitrogen and oxygen atoms in total. The van der Waals surface area contributed by atoms with Gasteiger partial charge < -0.3 is 5.11 Å². The number of carbonyl (C=O) groups is 1. The average Bonchev–Trinajstić information content (AvgIpc) is 2.81. The first-order valence-corrected chi connectivity index (χ1v) is 4.46. The van der Waals surface area contributed by atoms with E-state index in [1.807, 2.05) is 0 Å². The van der Waals surface area contributed by atoms with Crippen molar-refractivity contribution in [3.8, 4) is 11.8 Å². The fourth-order valence-electron chi connectivity index (χ4n) is 2.99. The summed E-state index contributed by atoms with van der Waals surface area (Å²) in [5, 5.41) is 8.40. The van der Waals surface area contributed by atoms with Gasteiger partial charge in [0.2, 0.25) is 0 Å². The molecule has 0 unspecified atom stereocenters. The van der Waals surface area contributed by atoms with Crippen molar-refractivity contribution in [3.63, 3.8) is 0 Å². The lowest BCUT2D eigenvalue weighted by Gasteiger charge is -1.76. The Bertz CT molecular complexity index is 305. The van der Waals surface area contributed by atoms with Crippen LogP contribution >= 0.6 is 0 Å². The van der Waals surface area contributed by atoms with Gasteiger partial charge in [0.1, 0.15) is 0 Å². The molecule has 0 bridgehead atoms. The van der Waals surface area contributed by atoms with E-state index in [-0.39, 0.29) is 0 Å². The van der Waals surface area contributed by atoms with Crippen molar-refractivity contribution in [2.45, 2.75) is 25.7 Å². The second-order valence-electron chi connectivity index (χ2n) is 4.32. The molecule has 0 aromatic carbocycles. The molecule has 3 aliphatic rings. The number of rotatable bonds is 0. The van der Waals surface area contributed by atoms with Gasteiger partial charge in [-0.15, -0.1) is 0 Å². The molecule has 3 saturated carbocycles. The second-order valence-corrected chi connectivity index (χ2v) is 4.32. The van der Waals surface area contributed by atoms with E-state index in [1.54, 1.807) is 0 Å². The summed E-state index contributed by atoms with van der Waals surface area (Å²) in [6.45, 7) is 0. The molecule has 2 heteroatoms. The maximum absolute atomic E-state index is 10.2. The molecule has 0 radical (unpaired) electrons. The van der Waals surface area contributed by atoms with E-state index < -0.39 is 5.97 Å². The number of aliphatic carboxylic acids is 1. The second kappa shape index (κ2) is 1.54. The van der Waals surface area contributed by atoms with Gasteiger partial charge in [-0.05, 0) is 36.5 Å². The summed E-state index contributed by atoms with van der Waals surface area (Å²) < 4.78 is 0. The summed E-state index contributed by atoms with van der Waals surface area (Å²) in [4.78, 5) is 10.2. The Morgan fingerprint density at radius 2 is 1.75 bits per heavy atom. The van der Waals surface area contributed by atoms with E-state index in [2.05, 4.69) is 11.8 Å². The highest BCUT2D eigenvalue weighted by molar-refractivity contribution is 5.86. The maximum atomic E-state index is 10.2. The molecular weight excluding hydrogens is 152 g/mol. The molecule has 0 amide bonds. The van der Waals surface area contributed by atoms with Crippen LogP contribution in [0.15, 0.2) is 0 Å². The molecule has 0 saturated heterocycles. The first-order valence-electron chi connectivity index (χ1n) is 4.46. The Kier molecular flexibility index (Phi) is 0.840. The quantitative estimate of drug-likeness (QED) is 0.544. The minimum Gasteiger partial charge on any atom is -0.472 e. The monoisotopic (exact) mass is 162 g/mol. The van der Waals surface area contributed by atoms with E-state index in [0.29, 0.717) is 16.7 Å². The lowest BCUT2D eigenvalue weighted by atomic mass is 10.3. The lowest BCUT2D eigenvalue weighted by molar-refractivity contribution is -0.130. The molecule has 12 heavy (non-hydrogen) atoms. The molecule has 3 rings (SSSR count). The van der Waals surface area contributed by atoms with Crippen LogP contribution in [0.5, 0.6) is 0 Å². The predicted octanol–water partition coefficient (Wildman–Crippen LogP) is 1.26. The first-order chi connectivity index (χ1) is 5.71. The van der Waals surface area contributed by atoms with Gasteiger partial charge in [-0.25, -0.2) is 4.79 Å². The maximum Gasteiger partial charge on any atom is 0.381 e. The van der Waals surface area contributed by atoms with Crippen molar-refractivity contribution in [3.05, 3.63) is 0 Å². The summed E-state index contributed by atoms with van der Waals surface area (Å²) in [7, 11) is 0. The van der Waals surface area contributed by atoms with E-state index >= 15 is 0 Å². The number of carboxylic acids is 1. The molecule has 0 heterocycles. The number of carboxylic acid groups (broad SMARTS) is 1. The van der Waals surface area contributed by atoms with Crippen molar-refractivity contribution in [1.29, 1.82) is 0 Å². The molecule has 62 valence electrons. The molecular formula is C10H10O2. The van der Waals surface area contributed by atoms with Crippen LogP contribution in [0.4, 0.5) is 0 Å². The minimum atomic E-state index is -0.978. The summed E-state index contributed by atoms with van der Waals surface area (Å²) in [6, 6.07) is 0. The number of hydrogen-bond donors (Lipinski definition) is 1. The Balaban J connectivity index is 1.82. The van der Waals surface area contributed by atoms with Gasteiger partial charge in [-0.2, -0.15) is 0 Å². The standard InChI is InChI=1S/C10H10O2/c11-8(12)2-1-7-9(3-4-9)10(7)5-6-10/h7H,3-6H2,(H,11,12). The Labute approximate surface area is 71.0 Å². The highest BCUT2D eigenvalue weighted by Gasteiger charge is 2.86. The van der Waals surface area contributed by atoms with Gasteiger partial charge in [0, 0.05) is 11.8 Å². The van der Waals surface area contributed by atoms with Crippen LogP contribution in [0, 0.1) is 28.6 Å². The van der Waals surface area contributed by atoms with Crippen LogP contribution in [0.2, 0.25) is 0 Å². The van der Waals surface area contributed by atoms with Gasteiger partial charge >= 0.3 is 5.97 Å². The number of fused-ring (bicyclic) bond motifs is 1. The van der Waals surface area contributed by atoms with Gasteiger partial charge in [0.15, 0.2) is 0 Å². The molecule has 1 N–H and O–H groups in total. The van der Waals surface area contributed by atoms with Gasteiger partial charge in [-0.1, -0.05) is 5.92 Å². The third-order valence-corrected chi connectivity index (χ3v) is 3.91.